The van der Waals surface area contributed by atoms with Crippen molar-refractivity contribution < 1.29 is 0 Å². The predicted octanol–water partition coefficient (Wildman–Crippen LogP) is 29.5. The Kier molecular flexibility index (Phi) is 14.6. The second-order valence-corrected chi connectivity index (χ2v) is 32.9. The van der Waals surface area contributed by atoms with E-state index in [0.29, 0.717) is 0 Å². The molecule has 0 bridgehead atoms. The van der Waals surface area contributed by atoms with Crippen LogP contribution in [0.5, 0.6) is 0 Å². The van der Waals surface area contributed by atoms with Crippen LogP contribution in [0.3, 0.4) is 0 Å². The Hall–Kier alpha value is -13.9. The zero-order valence-electron chi connectivity index (χ0n) is 64.0. The Morgan fingerprint density at radius 1 is 0.219 bits per heavy atom. The van der Waals surface area contributed by atoms with Crippen molar-refractivity contribution in [2.45, 2.75) is 50.4 Å². The molecule has 0 N–H and O–H groups in total. The molecule has 0 fully saturated rings. The van der Waals surface area contributed by atoms with Crippen molar-refractivity contribution in [3.8, 4) is 100 Å². The maximum Gasteiger partial charge on any atom is 0.0622 e. The lowest BCUT2D eigenvalue weighted by molar-refractivity contribution is 0.661. The average molecular weight is 1450 g/mol. The van der Waals surface area contributed by atoms with E-state index in [1.165, 1.54) is 221 Å². The van der Waals surface area contributed by atoms with Crippen LogP contribution in [0.1, 0.15) is 95.2 Å². The van der Waals surface area contributed by atoms with Crippen molar-refractivity contribution in [1.29, 1.82) is 0 Å². The molecule has 24 rings (SSSR count). The van der Waals surface area contributed by atoms with Gasteiger partial charge in [0.15, 0.2) is 0 Å². The predicted molar refractivity (Wildman–Crippen MR) is 479 cm³/mol. The van der Waals surface area contributed by atoms with Gasteiger partial charge in [-0.3, -0.25) is 0 Å². The summed E-state index contributed by atoms with van der Waals surface area (Å²) in [5.74, 6) is 0.369. The Bertz CT molecular complexity index is 7410. The van der Waals surface area contributed by atoms with Crippen LogP contribution >= 0.6 is 0 Å². The van der Waals surface area contributed by atoms with Crippen LogP contribution in [0.2, 0.25) is 0 Å². The maximum atomic E-state index is 2.57. The Balaban J connectivity index is 0.000000135. The van der Waals surface area contributed by atoms with E-state index in [0.717, 1.165) is 0 Å². The molecule has 2 nitrogen and oxygen atoms in total. The van der Waals surface area contributed by atoms with Crippen LogP contribution in [0.25, 0.3) is 166 Å². The largest absolute Gasteiger partial charge is 0.308 e. The highest BCUT2D eigenvalue weighted by Crippen LogP contribution is 2.58. The third-order valence-electron chi connectivity index (χ3n) is 26.1. The van der Waals surface area contributed by atoms with Gasteiger partial charge in [-0.15, -0.1) is 0 Å². The minimum absolute atomic E-state index is 0.0905. The van der Waals surface area contributed by atoms with Crippen molar-refractivity contribution in [3.63, 3.8) is 0 Å². The number of hydrogen-bond acceptors (Lipinski definition) is 0. The summed E-state index contributed by atoms with van der Waals surface area (Å²) >= 11 is 0. The average Bonchev–Trinajstić information content (AvgIpc) is 1.46. The fourth-order valence-electron chi connectivity index (χ4n) is 20.9. The van der Waals surface area contributed by atoms with Crippen LogP contribution in [0, 0.1) is 0 Å². The van der Waals surface area contributed by atoms with Crippen molar-refractivity contribution in [2.75, 3.05) is 0 Å². The smallest absolute Gasteiger partial charge is 0.0622 e. The molecule has 2 unspecified atom stereocenters. The van der Waals surface area contributed by atoms with Crippen LogP contribution in [-0.4, -0.2) is 9.13 Å². The molecule has 2 atom stereocenters. The summed E-state index contributed by atoms with van der Waals surface area (Å²) in [4.78, 5) is 0. The van der Waals surface area contributed by atoms with E-state index < -0.39 is 0 Å². The molecule has 0 saturated heterocycles. The third kappa shape index (κ3) is 9.87. The summed E-state index contributed by atoms with van der Waals surface area (Å²) in [5.41, 5.74) is 41.6. The van der Waals surface area contributed by atoms with Gasteiger partial charge in [-0.2, -0.15) is 0 Å². The monoisotopic (exact) mass is 1450 g/mol. The van der Waals surface area contributed by atoms with E-state index in [4.69, 9.17) is 0 Å². The lowest BCUT2D eigenvalue weighted by Gasteiger charge is -2.24. The lowest BCUT2D eigenvalue weighted by atomic mass is 9.81. The highest BCUT2D eigenvalue weighted by Gasteiger charge is 2.41. The second kappa shape index (κ2) is 25.3. The topological polar surface area (TPSA) is 9.86 Å². The molecule has 0 aliphatic heterocycles. The Morgan fingerprint density at radius 3 is 1.17 bits per heavy atom. The first-order valence-corrected chi connectivity index (χ1v) is 40.3. The number of fused-ring (bicyclic) bond motifs is 22. The summed E-state index contributed by atoms with van der Waals surface area (Å²) in [7, 11) is 0. The molecule has 2 aromatic heterocycles. The summed E-state index contributed by atoms with van der Waals surface area (Å²) in [6, 6.07) is 145. The van der Waals surface area contributed by atoms with E-state index in [9.17, 15) is 0 Å². The van der Waals surface area contributed by atoms with Crippen molar-refractivity contribution in [2.24, 2.45) is 0 Å². The molecule has 20 aromatic rings. The van der Waals surface area contributed by atoms with Crippen molar-refractivity contribution in [3.05, 3.63) is 444 Å². The molecule has 0 saturated carbocycles. The molecule has 18 aromatic carbocycles. The highest BCUT2D eigenvalue weighted by atomic mass is 15.0. The molecular weight excluding hydrogens is 1370 g/mol. The quantitative estimate of drug-likeness (QED) is 0.143. The number of rotatable bonds is 8. The summed E-state index contributed by atoms with van der Waals surface area (Å²) in [6.07, 6.45) is 0. The molecule has 0 spiro atoms. The van der Waals surface area contributed by atoms with Gasteiger partial charge in [-0.25, -0.2) is 0 Å². The first-order chi connectivity index (χ1) is 56.1. The minimum atomic E-state index is -0.157. The van der Waals surface area contributed by atoms with Gasteiger partial charge in [-0.1, -0.05) is 367 Å². The normalized spacial score (nSPS) is 14.8. The van der Waals surface area contributed by atoms with Gasteiger partial charge in [-0.05, 0) is 198 Å². The Labute approximate surface area is 664 Å². The number of benzene rings is 18. The van der Waals surface area contributed by atoms with E-state index in [1.807, 2.05) is 0 Å². The summed E-state index contributed by atoms with van der Waals surface area (Å²) in [6.45, 7) is 9.56. The van der Waals surface area contributed by atoms with E-state index in [2.05, 4.69) is 425 Å². The van der Waals surface area contributed by atoms with Gasteiger partial charge in [0.05, 0.1) is 33.4 Å². The first-order valence-electron chi connectivity index (χ1n) is 40.3. The summed E-state index contributed by atoms with van der Waals surface area (Å²) < 4.78 is 5.12. The molecule has 4 aliphatic carbocycles. The van der Waals surface area contributed by atoms with E-state index >= 15 is 0 Å². The molecule has 0 radical (unpaired) electrons. The molecule has 536 valence electrons. The molecule has 2 heterocycles. The van der Waals surface area contributed by atoms with E-state index in [-0.39, 0.29) is 22.7 Å². The molecule has 0 amide bonds. The molecule has 2 heteroatoms. The SMILES string of the molecule is CC1(C)c2ccccc2-c2c1ccc1c3cc(-c4ccc5c(c4)-c4ccccc4C5c4cccc(-c5ccccc5)c4)ccc3n(-c3cccc4ccccc34)c21.CC1(C)c2ccccc2-c2ccc3c4cc(-c5ccc6c(c5)-c5ccccc5C6c5cccc(-c6ccccc6)c5)ccc4n(-c4cccc5ccccc45)c3c21. The molecule has 4 aliphatic rings. The third-order valence-corrected chi connectivity index (χ3v) is 26.1. The lowest BCUT2D eigenvalue weighted by Crippen LogP contribution is -2.16. The second-order valence-electron chi connectivity index (χ2n) is 32.9. The van der Waals surface area contributed by atoms with Crippen LogP contribution in [0.4, 0.5) is 0 Å². The molecular formula is C112H78N2. The fraction of sp³-hybridized carbons (Fsp3) is 0.0714. The standard InChI is InChI=1S/2C56H39N/c1-56(2)50-24-11-10-22-43(50)46-29-30-47-49-34-39(27-31-52(49)57(55(47)54(46)56)51-25-13-17-36-16-6-7-20-41(36)51)38-26-28-45-48(33-38)42-21-8-9-23-44(42)53(45)40-19-12-18-37(32-40)35-14-4-3-5-15-35;1-56(2)49-24-11-10-23-46(49)54-50(56)30-29-45-48-34-39(27-31-52(48)57(55(45)54)51-25-13-17-36-16-6-7-20-41(36)51)38-26-28-44-47(33-38)42-21-8-9-22-43(42)53(44)40-19-12-18-37(32-40)35-14-4-3-5-15-35/h2*3-34,53H,1-2H3. The van der Waals surface area contributed by atoms with Gasteiger partial charge in [0.2, 0.25) is 0 Å². The van der Waals surface area contributed by atoms with Crippen LogP contribution in [0.15, 0.2) is 388 Å². The zero-order valence-corrected chi connectivity index (χ0v) is 64.0. The van der Waals surface area contributed by atoms with Gasteiger partial charge in [0.25, 0.3) is 0 Å². The Morgan fingerprint density at radius 2 is 0.614 bits per heavy atom. The number of hydrogen-bond donors (Lipinski definition) is 0. The van der Waals surface area contributed by atoms with Gasteiger partial charge in [0, 0.05) is 60.5 Å². The number of aromatic nitrogens is 2. The van der Waals surface area contributed by atoms with Gasteiger partial charge in [0.1, 0.15) is 0 Å². The van der Waals surface area contributed by atoms with E-state index in [1.54, 1.807) is 0 Å². The van der Waals surface area contributed by atoms with Gasteiger partial charge < -0.3 is 9.13 Å². The van der Waals surface area contributed by atoms with Crippen LogP contribution < -0.4 is 0 Å². The molecule has 114 heavy (non-hydrogen) atoms. The fourth-order valence-corrected chi connectivity index (χ4v) is 20.9. The van der Waals surface area contributed by atoms with Gasteiger partial charge >= 0.3 is 0 Å². The summed E-state index contributed by atoms with van der Waals surface area (Å²) in [5, 5.41) is 10.2. The van der Waals surface area contributed by atoms with Crippen LogP contribution in [-0.2, 0) is 10.8 Å². The van der Waals surface area contributed by atoms with Crippen molar-refractivity contribution in [1.82, 2.24) is 9.13 Å². The zero-order chi connectivity index (χ0) is 75.7. The minimum Gasteiger partial charge on any atom is -0.308 e. The highest BCUT2D eigenvalue weighted by molar-refractivity contribution is 6.18. The number of nitrogens with zero attached hydrogens (tertiary/aromatic N) is 2. The maximum absolute atomic E-state index is 2.57. The first kappa shape index (κ1) is 65.9. The van der Waals surface area contributed by atoms with Crippen molar-refractivity contribution >= 4 is 65.2 Å².